The van der Waals surface area contributed by atoms with Crippen molar-refractivity contribution in [3.05, 3.63) is 29.8 Å². The lowest BCUT2D eigenvalue weighted by Gasteiger charge is -2.37. The second-order valence-electron chi connectivity index (χ2n) is 6.12. The minimum absolute atomic E-state index is 0.0945. The van der Waals surface area contributed by atoms with E-state index in [0.717, 1.165) is 12.3 Å². The van der Waals surface area contributed by atoms with Crippen LogP contribution in [0, 0.1) is 5.92 Å². The summed E-state index contributed by atoms with van der Waals surface area (Å²) in [7, 11) is 1.78. The summed E-state index contributed by atoms with van der Waals surface area (Å²) < 4.78 is 5.61. The van der Waals surface area contributed by atoms with Gasteiger partial charge in [-0.2, -0.15) is 0 Å². The predicted octanol–water partition coefficient (Wildman–Crippen LogP) is 4.10. The number of nitrogens with one attached hydrogen (secondary N) is 1. The Kier molecular flexibility index (Phi) is 4.87. The van der Waals surface area contributed by atoms with Gasteiger partial charge < -0.3 is 10.1 Å². The van der Waals surface area contributed by atoms with Gasteiger partial charge in [0.1, 0.15) is 5.75 Å². The Hall–Kier alpha value is -1.02. The molecule has 0 aliphatic carbocycles. The van der Waals surface area contributed by atoms with Gasteiger partial charge in [-0.05, 0) is 37.8 Å². The molecule has 1 saturated heterocycles. The molecule has 1 fully saturated rings. The minimum atomic E-state index is 0.0945. The van der Waals surface area contributed by atoms with E-state index in [9.17, 15) is 0 Å². The van der Waals surface area contributed by atoms with Gasteiger partial charge in [0.25, 0.3) is 0 Å². The standard InChI is InChI=1S/C17H27NO/c1-14(2)13-17(11-7-4-8-12-18-17)15-9-5-6-10-16(15)19-3/h5-6,9-10,14,18H,4,7-8,11-13H2,1-3H3. The van der Waals surface area contributed by atoms with Gasteiger partial charge in [-0.1, -0.05) is 44.9 Å². The zero-order valence-electron chi connectivity index (χ0n) is 12.5. The topological polar surface area (TPSA) is 21.3 Å². The van der Waals surface area contributed by atoms with Gasteiger partial charge in [0.2, 0.25) is 0 Å². The number of para-hydroxylation sites is 1. The molecule has 0 amide bonds. The monoisotopic (exact) mass is 261 g/mol. The van der Waals surface area contributed by atoms with E-state index in [1.165, 1.54) is 37.7 Å². The zero-order chi connectivity index (χ0) is 13.7. The van der Waals surface area contributed by atoms with E-state index >= 15 is 0 Å². The van der Waals surface area contributed by atoms with Crippen molar-refractivity contribution in [1.82, 2.24) is 5.32 Å². The van der Waals surface area contributed by atoms with Gasteiger partial charge in [0.05, 0.1) is 7.11 Å². The largest absolute Gasteiger partial charge is 0.496 e. The van der Waals surface area contributed by atoms with E-state index in [4.69, 9.17) is 4.74 Å². The summed E-state index contributed by atoms with van der Waals surface area (Å²) in [5, 5.41) is 3.84. The van der Waals surface area contributed by atoms with Crippen molar-refractivity contribution in [3.63, 3.8) is 0 Å². The van der Waals surface area contributed by atoms with Crippen LogP contribution in [0.25, 0.3) is 0 Å². The lowest BCUT2D eigenvalue weighted by molar-refractivity contribution is 0.253. The molecule has 0 spiro atoms. The van der Waals surface area contributed by atoms with E-state index in [1.807, 2.05) is 0 Å². The molecule has 2 heteroatoms. The highest BCUT2D eigenvalue weighted by Crippen LogP contribution is 2.40. The molecule has 1 heterocycles. The molecule has 1 atom stereocenters. The highest BCUT2D eigenvalue weighted by Gasteiger charge is 2.35. The van der Waals surface area contributed by atoms with Gasteiger partial charge in [-0.15, -0.1) is 0 Å². The van der Waals surface area contributed by atoms with Crippen LogP contribution in [0.4, 0.5) is 0 Å². The van der Waals surface area contributed by atoms with Crippen molar-refractivity contribution in [2.24, 2.45) is 5.92 Å². The summed E-state index contributed by atoms with van der Waals surface area (Å²) in [5.41, 5.74) is 1.44. The molecule has 1 aliphatic heterocycles. The first-order chi connectivity index (χ1) is 9.18. The quantitative estimate of drug-likeness (QED) is 0.881. The molecule has 1 aliphatic rings. The predicted molar refractivity (Wildman–Crippen MR) is 80.6 cm³/mol. The summed E-state index contributed by atoms with van der Waals surface area (Å²) in [6.07, 6.45) is 6.31. The molecule has 19 heavy (non-hydrogen) atoms. The molecule has 106 valence electrons. The maximum atomic E-state index is 5.61. The molecule has 0 aromatic heterocycles. The van der Waals surface area contributed by atoms with Crippen LogP contribution in [0.3, 0.4) is 0 Å². The fourth-order valence-electron chi connectivity index (χ4n) is 3.40. The molecule has 1 unspecified atom stereocenters. The number of hydrogen-bond acceptors (Lipinski definition) is 2. The van der Waals surface area contributed by atoms with Crippen LogP contribution < -0.4 is 10.1 Å². The molecule has 1 aromatic rings. The molecule has 1 aromatic carbocycles. The Labute approximate surface area is 117 Å². The van der Waals surface area contributed by atoms with Crippen molar-refractivity contribution >= 4 is 0 Å². The zero-order valence-corrected chi connectivity index (χ0v) is 12.5. The highest BCUT2D eigenvalue weighted by atomic mass is 16.5. The Bertz CT molecular complexity index is 392. The summed E-state index contributed by atoms with van der Waals surface area (Å²) in [4.78, 5) is 0. The molecule has 0 radical (unpaired) electrons. The number of hydrogen-bond donors (Lipinski definition) is 1. The number of rotatable bonds is 4. The molecule has 2 nitrogen and oxygen atoms in total. The van der Waals surface area contributed by atoms with Crippen molar-refractivity contribution in [2.75, 3.05) is 13.7 Å². The lowest BCUT2D eigenvalue weighted by atomic mass is 9.78. The number of methoxy groups -OCH3 is 1. The van der Waals surface area contributed by atoms with E-state index in [2.05, 4.69) is 43.4 Å². The average molecular weight is 261 g/mol. The van der Waals surface area contributed by atoms with Crippen molar-refractivity contribution in [3.8, 4) is 5.75 Å². The first-order valence-electron chi connectivity index (χ1n) is 7.56. The molecular formula is C17H27NO. The second kappa shape index (κ2) is 6.42. The van der Waals surface area contributed by atoms with Crippen LogP contribution in [-0.4, -0.2) is 13.7 Å². The van der Waals surface area contributed by atoms with Crippen LogP contribution >= 0.6 is 0 Å². The van der Waals surface area contributed by atoms with Gasteiger partial charge in [-0.25, -0.2) is 0 Å². The fourth-order valence-corrected chi connectivity index (χ4v) is 3.40. The number of benzene rings is 1. The summed E-state index contributed by atoms with van der Waals surface area (Å²) in [6.45, 7) is 5.73. The third-order valence-corrected chi connectivity index (χ3v) is 4.12. The second-order valence-corrected chi connectivity index (χ2v) is 6.12. The van der Waals surface area contributed by atoms with Crippen molar-refractivity contribution in [1.29, 1.82) is 0 Å². The van der Waals surface area contributed by atoms with Gasteiger partial charge in [0.15, 0.2) is 0 Å². The first-order valence-corrected chi connectivity index (χ1v) is 7.56. The third kappa shape index (κ3) is 3.30. The Morgan fingerprint density at radius 2 is 2.00 bits per heavy atom. The van der Waals surface area contributed by atoms with Crippen LogP contribution in [0.2, 0.25) is 0 Å². The average Bonchev–Trinajstić information content (AvgIpc) is 2.64. The third-order valence-electron chi connectivity index (χ3n) is 4.12. The first kappa shape index (κ1) is 14.4. The molecule has 0 bridgehead atoms. The van der Waals surface area contributed by atoms with E-state index in [1.54, 1.807) is 7.11 Å². The Balaban J connectivity index is 2.40. The van der Waals surface area contributed by atoms with Gasteiger partial charge in [-0.3, -0.25) is 0 Å². The maximum Gasteiger partial charge on any atom is 0.123 e. The van der Waals surface area contributed by atoms with Crippen LogP contribution in [-0.2, 0) is 5.54 Å². The van der Waals surface area contributed by atoms with Crippen LogP contribution in [0.5, 0.6) is 5.75 Å². The molecular weight excluding hydrogens is 234 g/mol. The van der Waals surface area contributed by atoms with Crippen molar-refractivity contribution in [2.45, 2.75) is 51.5 Å². The highest BCUT2D eigenvalue weighted by molar-refractivity contribution is 5.39. The molecule has 2 rings (SSSR count). The Morgan fingerprint density at radius 3 is 2.74 bits per heavy atom. The normalized spacial score (nSPS) is 24.2. The van der Waals surface area contributed by atoms with Crippen LogP contribution in [0.15, 0.2) is 24.3 Å². The fraction of sp³-hybridized carbons (Fsp3) is 0.647. The smallest absolute Gasteiger partial charge is 0.123 e. The van der Waals surface area contributed by atoms with Crippen molar-refractivity contribution < 1.29 is 4.74 Å². The van der Waals surface area contributed by atoms with Gasteiger partial charge >= 0.3 is 0 Å². The summed E-state index contributed by atoms with van der Waals surface area (Å²) in [5.74, 6) is 1.70. The Morgan fingerprint density at radius 1 is 1.21 bits per heavy atom. The van der Waals surface area contributed by atoms with E-state index in [0.29, 0.717) is 5.92 Å². The minimum Gasteiger partial charge on any atom is -0.496 e. The molecule has 0 saturated carbocycles. The lowest BCUT2D eigenvalue weighted by Crippen LogP contribution is -2.43. The summed E-state index contributed by atoms with van der Waals surface area (Å²) >= 11 is 0. The van der Waals surface area contributed by atoms with E-state index in [-0.39, 0.29) is 5.54 Å². The van der Waals surface area contributed by atoms with E-state index < -0.39 is 0 Å². The maximum absolute atomic E-state index is 5.61. The number of ether oxygens (including phenoxy) is 1. The van der Waals surface area contributed by atoms with Gasteiger partial charge in [0, 0.05) is 11.1 Å². The SMILES string of the molecule is COc1ccccc1C1(CC(C)C)CCCCCN1. The molecule has 1 N–H and O–H groups in total. The summed E-state index contributed by atoms with van der Waals surface area (Å²) in [6, 6.07) is 8.51. The van der Waals surface area contributed by atoms with Crippen LogP contribution in [0.1, 0.15) is 51.5 Å².